The van der Waals surface area contributed by atoms with Gasteiger partial charge in [0.2, 0.25) is 0 Å². The number of carbonyl (C=O) groups excluding carboxylic acids is 2. The number of imidazole rings is 1. The van der Waals surface area contributed by atoms with Crippen LogP contribution >= 0.6 is 0 Å². The Morgan fingerprint density at radius 3 is 2.83 bits per heavy atom. The maximum atomic E-state index is 12.8. The topological polar surface area (TPSA) is 81.3 Å². The molecule has 2 N–H and O–H groups in total. The van der Waals surface area contributed by atoms with Gasteiger partial charge in [-0.3, -0.25) is 14.6 Å². The number of urea groups is 1. The number of rotatable bonds is 4. The molecule has 7 nitrogen and oxygen atoms in total. The normalized spacial score (nSPS) is 29.4. The number of H-pyrrole nitrogens is 1. The van der Waals surface area contributed by atoms with Crippen molar-refractivity contribution in [3.63, 3.8) is 0 Å². The van der Waals surface area contributed by atoms with Gasteiger partial charge in [-0.15, -0.1) is 0 Å². The highest BCUT2D eigenvalue weighted by Gasteiger charge is 2.53. The number of piperidine rings is 1. The van der Waals surface area contributed by atoms with E-state index in [1.54, 1.807) is 6.20 Å². The maximum Gasteiger partial charge on any atom is 0.325 e. The molecule has 0 aliphatic carbocycles. The third-order valence-electron chi connectivity index (χ3n) is 5.02. The molecule has 3 heterocycles. The van der Waals surface area contributed by atoms with Gasteiger partial charge in [-0.05, 0) is 40.2 Å². The highest BCUT2D eigenvalue weighted by atomic mass is 16.2. The van der Waals surface area contributed by atoms with Gasteiger partial charge in [-0.1, -0.05) is 0 Å². The van der Waals surface area contributed by atoms with Gasteiger partial charge in [0, 0.05) is 30.9 Å². The summed E-state index contributed by atoms with van der Waals surface area (Å²) in [4.78, 5) is 36.0. The van der Waals surface area contributed by atoms with Crippen molar-refractivity contribution in [1.82, 2.24) is 25.1 Å². The van der Waals surface area contributed by atoms with Gasteiger partial charge >= 0.3 is 6.03 Å². The molecular formula is C16H25N5O2. The van der Waals surface area contributed by atoms with Crippen molar-refractivity contribution in [3.05, 3.63) is 18.2 Å². The van der Waals surface area contributed by atoms with E-state index in [0.717, 1.165) is 38.3 Å². The molecule has 0 aromatic carbocycles. The minimum absolute atomic E-state index is 0.0950. The number of aromatic nitrogens is 2. The SMILES string of the molecule is CC(C)N1C(=O)NC(C)(C2CCCN(Cc3ncc[nH]3)C2)C1=O. The summed E-state index contributed by atoms with van der Waals surface area (Å²) in [5.41, 5.74) is -0.802. The Labute approximate surface area is 136 Å². The summed E-state index contributed by atoms with van der Waals surface area (Å²) < 4.78 is 0. The Bertz CT molecular complexity index is 585. The van der Waals surface area contributed by atoms with E-state index in [1.807, 2.05) is 27.0 Å². The first-order valence-corrected chi connectivity index (χ1v) is 8.28. The van der Waals surface area contributed by atoms with Crippen molar-refractivity contribution in [2.75, 3.05) is 13.1 Å². The fraction of sp³-hybridized carbons (Fsp3) is 0.688. The van der Waals surface area contributed by atoms with Crippen LogP contribution in [-0.4, -0.2) is 56.4 Å². The molecule has 2 fully saturated rings. The number of hydrogen-bond acceptors (Lipinski definition) is 4. The number of nitrogens with one attached hydrogen (secondary N) is 2. The summed E-state index contributed by atoms with van der Waals surface area (Å²) in [5.74, 6) is 0.954. The van der Waals surface area contributed by atoms with Gasteiger partial charge in [-0.2, -0.15) is 0 Å². The van der Waals surface area contributed by atoms with Gasteiger partial charge in [0.15, 0.2) is 0 Å². The Hall–Kier alpha value is -1.89. The second-order valence-corrected chi connectivity index (χ2v) is 7.01. The lowest BCUT2D eigenvalue weighted by Gasteiger charge is -2.39. The average molecular weight is 319 g/mol. The molecule has 0 radical (unpaired) electrons. The zero-order valence-electron chi connectivity index (χ0n) is 14.0. The molecule has 2 atom stereocenters. The van der Waals surface area contributed by atoms with Crippen molar-refractivity contribution in [2.24, 2.45) is 5.92 Å². The van der Waals surface area contributed by atoms with Crippen LogP contribution in [0.5, 0.6) is 0 Å². The van der Waals surface area contributed by atoms with Gasteiger partial charge in [0.05, 0.1) is 6.54 Å². The molecule has 2 aliphatic heterocycles. The molecule has 3 amide bonds. The Morgan fingerprint density at radius 2 is 2.22 bits per heavy atom. The molecule has 2 saturated heterocycles. The third kappa shape index (κ3) is 2.85. The van der Waals surface area contributed by atoms with Crippen molar-refractivity contribution < 1.29 is 9.59 Å². The van der Waals surface area contributed by atoms with Crippen LogP contribution in [0.2, 0.25) is 0 Å². The number of nitrogens with zero attached hydrogens (tertiary/aromatic N) is 3. The quantitative estimate of drug-likeness (QED) is 0.821. The highest BCUT2D eigenvalue weighted by Crippen LogP contribution is 2.33. The van der Waals surface area contributed by atoms with E-state index >= 15 is 0 Å². The second kappa shape index (κ2) is 5.96. The molecule has 0 saturated carbocycles. The minimum Gasteiger partial charge on any atom is -0.348 e. The molecule has 2 aliphatic rings. The summed E-state index contributed by atoms with van der Waals surface area (Å²) in [6.07, 6.45) is 5.54. The van der Waals surface area contributed by atoms with Crippen LogP contribution in [0.1, 0.15) is 39.4 Å². The van der Waals surface area contributed by atoms with Crippen LogP contribution in [0.3, 0.4) is 0 Å². The monoisotopic (exact) mass is 319 g/mol. The van der Waals surface area contributed by atoms with E-state index in [2.05, 4.69) is 20.2 Å². The number of aromatic amines is 1. The summed E-state index contributed by atoms with van der Waals surface area (Å²) >= 11 is 0. The van der Waals surface area contributed by atoms with E-state index in [-0.39, 0.29) is 23.9 Å². The van der Waals surface area contributed by atoms with E-state index in [1.165, 1.54) is 4.90 Å². The molecular weight excluding hydrogens is 294 g/mol. The summed E-state index contributed by atoms with van der Waals surface area (Å²) in [5, 5.41) is 2.95. The Balaban J connectivity index is 1.73. The van der Waals surface area contributed by atoms with Crippen LogP contribution in [0.4, 0.5) is 4.79 Å². The van der Waals surface area contributed by atoms with E-state index < -0.39 is 5.54 Å². The largest absolute Gasteiger partial charge is 0.348 e. The lowest BCUT2D eigenvalue weighted by atomic mass is 9.80. The van der Waals surface area contributed by atoms with Gasteiger partial charge < -0.3 is 10.3 Å². The molecule has 2 unspecified atom stereocenters. The minimum atomic E-state index is -0.802. The first-order valence-electron chi connectivity index (χ1n) is 8.28. The maximum absolute atomic E-state index is 12.8. The van der Waals surface area contributed by atoms with Crippen molar-refractivity contribution in [3.8, 4) is 0 Å². The molecule has 1 aromatic rings. The van der Waals surface area contributed by atoms with Crippen molar-refractivity contribution in [1.29, 1.82) is 0 Å². The summed E-state index contributed by atoms with van der Waals surface area (Å²) in [6.45, 7) is 8.13. The van der Waals surface area contributed by atoms with Crippen molar-refractivity contribution >= 4 is 11.9 Å². The fourth-order valence-electron chi connectivity index (χ4n) is 3.69. The highest BCUT2D eigenvalue weighted by molar-refractivity contribution is 6.07. The molecule has 0 bridgehead atoms. The standard InChI is InChI=1S/C16H25N5O2/c1-11(2)21-14(22)16(3,19-15(21)23)12-5-4-8-20(9-12)10-13-17-6-7-18-13/h6-7,11-12H,4-5,8-10H2,1-3H3,(H,17,18)(H,19,23). The molecule has 0 spiro atoms. The molecule has 1 aromatic heterocycles. The van der Waals surface area contributed by atoms with Crippen LogP contribution in [0, 0.1) is 5.92 Å². The van der Waals surface area contributed by atoms with Crippen LogP contribution in [0.25, 0.3) is 0 Å². The number of likely N-dealkylation sites (tertiary alicyclic amines) is 1. The average Bonchev–Trinajstić information content (AvgIpc) is 3.07. The van der Waals surface area contributed by atoms with Gasteiger partial charge in [-0.25, -0.2) is 9.78 Å². The van der Waals surface area contributed by atoms with E-state index in [4.69, 9.17) is 0 Å². The smallest absolute Gasteiger partial charge is 0.325 e. The van der Waals surface area contributed by atoms with Gasteiger partial charge in [0.1, 0.15) is 11.4 Å². The van der Waals surface area contributed by atoms with E-state index in [9.17, 15) is 9.59 Å². The molecule has 3 rings (SSSR count). The number of carbonyl (C=O) groups is 2. The van der Waals surface area contributed by atoms with E-state index in [0.29, 0.717) is 0 Å². The first-order chi connectivity index (χ1) is 10.9. The molecule has 23 heavy (non-hydrogen) atoms. The predicted molar refractivity (Wildman–Crippen MR) is 85.5 cm³/mol. The second-order valence-electron chi connectivity index (χ2n) is 7.01. The number of imide groups is 1. The Kier molecular flexibility index (Phi) is 4.14. The lowest BCUT2D eigenvalue weighted by Crippen LogP contribution is -2.56. The molecule has 126 valence electrons. The predicted octanol–water partition coefficient (Wildman–Crippen LogP) is 1.34. The zero-order valence-corrected chi connectivity index (χ0v) is 14.0. The Morgan fingerprint density at radius 1 is 1.43 bits per heavy atom. The summed E-state index contributed by atoms with van der Waals surface area (Å²) in [7, 11) is 0. The molecule has 7 heteroatoms. The zero-order chi connectivity index (χ0) is 16.6. The fourth-order valence-corrected chi connectivity index (χ4v) is 3.69. The van der Waals surface area contributed by atoms with Crippen LogP contribution < -0.4 is 5.32 Å². The first kappa shape index (κ1) is 16.0. The van der Waals surface area contributed by atoms with Crippen molar-refractivity contribution in [2.45, 2.75) is 51.7 Å². The summed E-state index contributed by atoms with van der Waals surface area (Å²) in [6, 6.07) is -0.386. The third-order valence-corrected chi connectivity index (χ3v) is 5.02. The number of amides is 3. The van der Waals surface area contributed by atoms with Crippen LogP contribution in [0.15, 0.2) is 12.4 Å². The van der Waals surface area contributed by atoms with Crippen LogP contribution in [-0.2, 0) is 11.3 Å². The lowest BCUT2D eigenvalue weighted by molar-refractivity contribution is -0.134. The van der Waals surface area contributed by atoms with Gasteiger partial charge in [0.25, 0.3) is 5.91 Å². The number of hydrogen-bond donors (Lipinski definition) is 2.